The van der Waals surface area contributed by atoms with Crippen molar-refractivity contribution in [3.05, 3.63) is 23.8 Å². The lowest BCUT2D eigenvalue weighted by Crippen LogP contribution is -2.58. The van der Waals surface area contributed by atoms with Crippen molar-refractivity contribution in [1.29, 1.82) is 0 Å². The SMILES string of the molecule is NC(=O)c1ccc(OCC(F)(F)F)c(N2C(N)=NC(N)=NC23CCCCC3)c1. The summed E-state index contributed by atoms with van der Waals surface area (Å²) in [5.41, 5.74) is 16.6. The van der Waals surface area contributed by atoms with E-state index in [9.17, 15) is 18.0 Å². The highest BCUT2D eigenvalue weighted by atomic mass is 19.4. The number of alkyl halides is 3. The van der Waals surface area contributed by atoms with Crippen LogP contribution in [0.15, 0.2) is 28.2 Å². The number of carbonyl (C=O) groups is 1. The number of rotatable bonds is 4. The fourth-order valence-electron chi connectivity index (χ4n) is 3.60. The Morgan fingerprint density at radius 3 is 2.50 bits per heavy atom. The molecule has 1 aliphatic carbocycles. The van der Waals surface area contributed by atoms with Gasteiger partial charge in [-0.1, -0.05) is 6.42 Å². The maximum absolute atomic E-state index is 12.7. The van der Waals surface area contributed by atoms with E-state index in [2.05, 4.69) is 9.98 Å². The van der Waals surface area contributed by atoms with Crippen LogP contribution in [0, 0.1) is 0 Å². The predicted molar refractivity (Wildman–Crippen MR) is 98.0 cm³/mol. The van der Waals surface area contributed by atoms with Gasteiger partial charge < -0.3 is 21.9 Å². The third-order valence-electron chi connectivity index (χ3n) is 4.73. The zero-order valence-electron chi connectivity index (χ0n) is 15.0. The van der Waals surface area contributed by atoms with Crippen LogP contribution in [0.1, 0.15) is 42.5 Å². The molecule has 8 nitrogen and oxygen atoms in total. The van der Waals surface area contributed by atoms with E-state index in [-0.39, 0.29) is 28.9 Å². The summed E-state index contributed by atoms with van der Waals surface area (Å²) in [6, 6.07) is 3.89. The van der Waals surface area contributed by atoms with Gasteiger partial charge in [0.1, 0.15) is 11.4 Å². The first-order chi connectivity index (χ1) is 13.1. The first-order valence-electron chi connectivity index (χ1n) is 8.74. The molecule has 0 saturated heterocycles. The molecule has 0 unspecified atom stereocenters. The molecule has 1 saturated carbocycles. The number of ether oxygens (including phenoxy) is 1. The Labute approximate surface area is 159 Å². The molecule has 0 aromatic heterocycles. The van der Waals surface area contributed by atoms with Crippen molar-refractivity contribution < 1.29 is 22.7 Å². The molecule has 2 aliphatic rings. The Morgan fingerprint density at radius 2 is 1.89 bits per heavy atom. The van der Waals surface area contributed by atoms with E-state index < -0.39 is 24.4 Å². The molecule has 1 aromatic carbocycles. The fourth-order valence-corrected chi connectivity index (χ4v) is 3.60. The molecule has 1 heterocycles. The number of aliphatic imine (C=N–C) groups is 2. The van der Waals surface area contributed by atoms with E-state index in [1.807, 2.05) is 0 Å². The Bertz CT molecular complexity index is 831. The minimum atomic E-state index is -4.54. The highest BCUT2D eigenvalue weighted by molar-refractivity contribution is 6.07. The Balaban J connectivity index is 2.11. The second-order valence-electron chi connectivity index (χ2n) is 6.77. The number of primary amides is 1. The summed E-state index contributed by atoms with van der Waals surface area (Å²) < 4.78 is 43.1. The number of nitrogens with two attached hydrogens (primary N) is 3. The number of benzene rings is 1. The normalized spacial score (nSPS) is 19.2. The molecule has 0 bridgehead atoms. The van der Waals surface area contributed by atoms with E-state index in [1.165, 1.54) is 23.1 Å². The van der Waals surface area contributed by atoms with Crippen LogP contribution in [-0.2, 0) is 0 Å². The third-order valence-corrected chi connectivity index (χ3v) is 4.73. The standard InChI is InChI=1S/C17H21F3N6O2/c18-17(19,20)9-28-12-5-4-10(13(21)27)8-11(12)26-15(23)24-14(22)25-16(26)6-2-1-3-7-16/h4-5,8H,1-3,6-7,9H2,(H2,21,27)(H4,22,23,24,25). The smallest absolute Gasteiger partial charge is 0.422 e. The molecule has 152 valence electrons. The number of guanidine groups is 2. The Hall–Kier alpha value is -2.98. The lowest BCUT2D eigenvalue weighted by Gasteiger charge is -2.46. The first-order valence-corrected chi connectivity index (χ1v) is 8.74. The summed E-state index contributed by atoms with van der Waals surface area (Å²) >= 11 is 0. The average Bonchev–Trinajstić information content (AvgIpc) is 2.59. The largest absolute Gasteiger partial charge is 0.482 e. The van der Waals surface area contributed by atoms with Crippen molar-refractivity contribution in [3.63, 3.8) is 0 Å². The number of carbonyl (C=O) groups excluding carboxylic acids is 1. The summed E-state index contributed by atoms with van der Waals surface area (Å²) in [7, 11) is 0. The van der Waals surface area contributed by atoms with Crippen LogP contribution in [0.2, 0.25) is 0 Å². The summed E-state index contributed by atoms with van der Waals surface area (Å²) in [6.45, 7) is -1.50. The van der Waals surface area contributed by atoms with Gasteiger partial charge in [-0.15, -0.1) is 0 Å². The molecule has 1 fully saturated rings. The number of amides is 1. The van der Waals surface area contributed by atoms with Gasteiger partial charge in [0.25, 0.3) is 0 Å². The third kappa shape index (κ3) is 3.97. The summed E-state index contributed by atoms with van der Waals surface area (Å²) in [5, 5.41) is 0. The maximum Gasteiger partial charge on any atom is 0.422 e. The second-order valence-corrected chi connectivity index (χ2v) is 6.77. The molecule has 28 heavy (non-hydrogen) atoms. The van der Waals surface area contributed by atoms with Gasteiger partial charge in [0.15, 0.2) is 6.61 Å². The quantitative estimate of drug-likeness (QED) is 0.712. The Kier molecular flexibility index (Phi) is 5.09. The van der Waals surface area contributed by atoms with Crippen molar-refractivity contribution in [1.82, 2.24) is 0 Å². The lowest BCUT2D eigenvalue weighted by atomic mass is 9.87. The molecule has 11 heteroatoms. The molecule has 1 spiro atoms. The van der Waals surface area contributed by atoms with Gasteiger partial charge in [-0.05, 0) is 43.9 Å². The van der Waals surface area contributed by atoms with Crippen LogP contribution in [0.4, 0.5) is 18.9 Å². The van der Waals surface area contributed by atoms with Crippen molar-refractivity contribution in [2.24, 2.45) is 27.2 Å². The van der Waals surface area contributed by atoms with Crippen LogP contribution in [0.5, 0.6) is 5.75 Å². The van der Waals surface area contributed by atoms with Crippen LogP contribution in [-0.4, -0.2) is 36.3 Å². The van der Waals surface area contributed by atoms with Crippen LogP contribution in [0.25, 0.3) is 0 Å². The summed E-state index contributed by atoms with van der Waals surface area (Å²) in [6.07, 6.45) is -0.746. The van der Waals surface area contributed by atoms with Gasteiger partial charge in [-0.2, -0.15) is 18.2 Å². The van der Waals surface area contributed by atoms with Crippen LogP contribution < -0.4 is 26.8 Å². The fraction of sp³-hybridized carbons (Fsp3) is 0.471. The van der Waals surface area contributed by atoms with Crippen molar-refractivity contribution in [2.45, 2.75) is 43.9 Å². The molecule has 6 N–H and O–H groups in total. The van der Waals surface area contributed by atoms with Gasteiger partial charge >= 0.3 is 6.18 Å². The topological polar surface area (TPSA) is 132 Å². The van der Waals surface area contributed by atoms with E-state index in [1.54, 1.807) is 0 Å². The van der Waals surface area contributed by atoms with E-state index in [0.717, 1.165) is 19.3 Å². The number of halogens is 3. The summed E-state index contributed by atoms with van der Waals surface area (Å²) in [4.78, 5) is 21.6. The predicted octanol–water partition coefficient (Wildman–Crippen LogP) is 1.84. The van der Waals surface area contributed by atoms with Crippen LogP contribution >= 0.6 is 0 Å². The number of hydrogen-bond donors (Lipinski definition) is 3. The molecule has 0 atom stereocenters. The van der Waals surface area contributed by atoms with Crippen molar-refractivity contribution >= 4 is 23.5 Å². The van der Waals surface area contributed by atoms with Crippen LogP contribution in [0.3, 0.4) is 0 Å². The Morgan fingerprint density at radius 1 is 1.21 bits per heavy atom. The molecule has 1 aromatic rings. The average molecular weight is 398 g/mol. The zero-order valence-corrected chi connectivity index (χ0v) is 15.0. The van der Waals surface area contributed by atoms with Crippen molar-refractivity contribution in [3.8, 4) is 5.75 Å². The molecule has 1 aliphatic heterocycles. The van der Waals surface area contributed by atoms with Gasteiger partial charge in [0.05, 0.1) is 5.69 Å². The van der Waals surface area contributed by atoms with Gasteiger partial charge in [-0.25, -0.2) is 4.99 Å². The maximum atomic E-state index is 12.7. The molecular weight excluding hydrogens is 377 g/mol. The highest BCUT2D eigenvalue weighted by Gasteiger charge is 2.44. The lowest BCUT2D eigenvalue weighted by molar-refractivity contribution is -0.153. The monoisotopic (exact) mass is 398 g/mol. The first kappa shape index (κ1) is 19.8. The molecular formula is C17H21F3N6O2. The number of anilines is 1. The van der Waals surface area contributed by atoms with E-state index in [0.29, 0.717) is 12.8 Å². The van der Waals surface area contributed by atoms with Crippen molar-refractivity contribution in [2.75, 3.05) is 11.5 Å². The summed E-state index contributed by atoms with van der Waals surface area (Å²) in [5.74, 6) is -0.884. The van der Waals surface area contributed by atoms with E-state index in [4.69, 9.17) is 21.9 Å². The molecule has 0 radical (unpaired) electrons. The molecule has 3 rings (SSSR count). The van der Waals surface area contributed by atoms with Gasteiger partial charge in [-0.3, -0.25) is 9.69 Å². The van der Waals surface area contributed by atoms with E-state index >= 15 is 0 Å². The van der Waals surface area contributed by atoms with Gasteiger partial charge in [0.2, 0.25) is 17.8 Å². The zero-order chi connectivity index (χ0) is 20.5. The minimum Gasteiger partial charge on any atom is -0.482 e. The minimum absolute atomic E-state index is 0.000495. The number of hydrogen-bond acceptors (Lipinski definition) is 7. The molecule has 1 amide bonds. The number of nitrogens with zero attached hydrogens (tertiary/aromatic N) is 3. The van der Waals surface area contributed by atoms with Gasteiger partial charge in [0, 0.05) is 5.56 Å². The highest BCUT2D eigenvalue weighted by Crippen LogP contribution is 2.43. The second kappa shape index (κ2) is 7.21.